The zero-order valence-electron chi connectivity index (χ0n) is 12.9. The van der Waals surface area contributed by atoms with Gasteiger partial charge in [-0.3, -0.25) is 0 Å². The van der Waals surface area contributed by atoms with E-state index in [1.54, 1.807) is 13.3 Å². The Hall–Kier alpha value is -2.01. The number of hydrogen-bond donors (Lipinski definition) is 1. The van der Waals surface area contributed by atoms with Gasteiger partial charge in [0.05, 0.1) is 13.7 Å². The maximum absolute atomic E-state index is 5.91. The predicted octanol–water partition coefficient (Wildman–Crippen LogP) is 2.17. The molecule has 2 rings (SSSR count). The number of hydrogen-bond acceptors (Lipinski definition) is 4. The smallest absolute Gasteiger partial charge is 0.122 e. The highest BCUT2D eigenvalue weighted by Gasteiger charge is 2.08. The molecule has 0 radical (unpaired) electrons. The van der Waals surface area contributed by atoms with Gasteiger partial charge in [-0.15, -0.1) is 0 Å². The van der Waals surface area contributed by atoms with Gasteiger partial charge in [0, 0.05) is 18.4 Å². The van der Waals surface area contributed by atoms with Crippen LogP contribution >= 0.6 is 0 Å². The summed E-state index contributed by atoms with van der Waals surface area (Å²) in [5.41, 5.74) is 6.98. The Morgan fingerprint density at radius 3 is 2.81 bits per heavy atom. The lowest BCUT2D eigenvalue weighted by Gasteiger charge is -2.15. The first-order valence-corrected chi connectivity index (χ1v) is 7.13. The average Bonchev–Trinajstić information content (AvgIpc) is 2.85. The van der Waals surface area contributed by atoms with Crippen LogP contribution < -0.4 is 15.2 Å². The minimum Gasteiger partial charge on any atom is -0.497 e. The Balaban J connectivity index is 2.02. The van der Waals surface area contributed by atoms with Crippen LogP contribution in [-0.2, 0) is 13.0 Å². The molecule has 2 N–H and O–H groups in total. The van der Waals surface area contributed by atoms with Gasteiger partial charge in [0.15, 0.2) is 0 Å². The summed E-state index contributed by atoms with van der Waals surface area (Å²) in [6, 6.07) is 5.91. The third-order valence-electron chi connectivity index (χ3n) is 3.32. The molecule has 21 heavy (non-hydrogen) atoms. The summed E-state index contributed by atoms with van der Waals surface area (Å²) in [7, 11) is 1.66. The van der Waals surface area contributed by atoms with E-state index in [1.807, 2.05) is 38.2 Å². The number of aryl methyl sites for hydroxylation is 1. The quantitative estimate of drug-likeness (QED) is 0.848. The molecule has 0 spiro atoms. The first-order valence-electron chi connectivity index (χ1n) is 7.13. The summed E-state index contributed by atoms with van der Waals surface area (Å²) in [4.78, 5) is 4.20. The van der Waals surface area contributed by atoms with Crippen LogP contribution in [0.2, 0.25) is 0 Å². The third-order valence-corrected chi connectivity index (χ3v) is 3.32. The van der Waals surface area contributed by atoms with E-state index in [1.165, 1.54) is 0 Å². The van der Waals surface area contributed by atoms with Crippen LogP contribution in [0.5, 0.6) is 11.5 Å². The van der Waals surface area contributed by atoms with Gasteiger partial charge >= 0.3 is 0 Å². The van der Waals surface area contributed by atoms with Crippen molar-refractivity contribution in [3.8, 4) is 11.5 Å². The van der Waals surface area contributed by atoms with Crippen molar-refractivity contribution in [3.05, 3.63) is 42.0 Å². The number of benzene rings is 1. The molecule has 1 atom stereocenters. The number of aromatic nitrogens is 2. The molecular formula is C16H23N3O2. The summed E-state index contributed by atoms with van der Waals surface area (Å²) >= 11 is 0. The van der Waals surface area contributed by atoms with Gasteiger partial charge in [-0.1, -0.05) is 0 Å². The first kappa shape index (κ1) is 15.4. The zero-order valence-corrected chi connectivity index (χ0v) is 12.9. The normalized spacial score (nSPS) is 12.2. The highest BCUT2D eigenvalue weighted by molar-refractivity contribution is 5.40. The number of ether oxygens (including phenoxy) is 2. The van der Waals surface area contributed by atoms with E-state index in [0.717, 1.165) is 35.9 Å². The maximum Gasteiger partial charge on any atom is 0.122 e. The van der Waals surface area contributed by atoms with Crippen LogP contribution in [0.3, 0.4) is 0 Å². The molecule has 114 valence electrons. The number of rotatable bonds is 7. The maximum atomic E-state index is 5.91. The number of nitrogens with two attached hydrogens (primary N) is 1. The lowest BCUT2D eigenvalue weighted by molar-refractivity contribution is 0.293. The van der Waals surface area contributed by atoms with E-state index in [9.17, 15) is 0 Å². The van der Waals surface area contributed by atoms with E-state index in [4.69, 9.17) is 15.2 Å². The van der Waals surface area contributed by atoms with Crippen LogP contribution in [0.4, 0.5) is 0 Å². The summed E-state index contributed by atoms with van der Waals surface area (Å²) in [6.07, 6.45) is 4.51. The molecule has 0 bridgehead atoms. The molecule has 0 aliphatic rings. The fourth-order valence-corrected chi connectivity index (χ4v) is 2.22. The van der Waals surface area contributed by atoms with Crippen molar-refractivity contribution in [2.75, 3.05) is 13.7 Å². The molecular weight excluding hydrogens is 266 g/mol. The van der Waals surface area contributed by atoms with Crippen molar-refractivity contribution in [1.29, 1.82) is 0 Å². The molecule has 1 aromatic heterocycles. The molecule has 0 fully saturated rings. The number of imidazole rings is 1. The van der Waals surface area contributed by atoms with Crippen LogP contribution in [0.1, 0.15) is 18.3 Å². The Morgan fingerprint density at radius 1 is 1.38 bits per heavy atom. The molecule has 2 aromatic rings. The van der Waals surface area contributed by atoms with Crippen molar-refractivity contribution >= 4 is 0 Å². The molecule has 0 aliphatic heterocycles. The van der Waals surface area contributed by atoms with Gasteiger partial charge < -0.3 is 19.8 Å². The molecule has 1 aromatic carbocycles. The fraction of sp³-hybridized carbons (Fsp3) is 0.438. The Bertz CT molecular complexity index is 579. The van der Waals surface area contributed by atoms with E-state index in [-0.39, 0.29) is 6.04 Å². The van der Waals surface area contributed by atoms with Crippen molar-refractivity contribution in [2.24, 2.45) is 5.73 Å². The zero-order chi connectivity index (χ0) is 15.2. The van der Waals surface area contributed by atoms with Gasteiger partial charge in [0.2, 0.25) is 0 Å². The Morgan fingerprint density at radius 2 is 2.19 bits per heavy atom. The van der Waals surface area contributed by atoms with E-state index < -0.39 is 0 Å². The van der Waals surface area contributed by atoms with Crippen LogP contribution in [0.25, 0.3) is 0 Å². The van der Waals surface area contributed by atoms with Crippen LogP contribution in [0, 0.1) is 6.92 Å². The molecule has 5 heteroatoms. The van der Waals surface area contributed by atoms with Gasteiger partial charge in [0.1, 0.15) is 23.9 Å². The van der Waals surface area contributed by atoms with Gasteiger partial charge in [0.25, 0.3) is 0 Å². The summed E-state index contributed by atoms with van der Waals surface area (Å²) in [5.74, 6) is 2.68. The number of nitrogens with zero attached hydrogens (tertiary/aromatic N) is 2. The van der Waals surface area contributed by atoms with E-state index >= 15 is 0 Å². The van der Waals surface area contributed by atoms with Gasteiger partial charge in [-0.05, 0) is 44.0 Å². The summed E-state index contributed by atoms with van der Waals surface area (Å²) in [5, 5.41) is 0. The minimum absolute atomic E-state index is 0.0790. The molecule has 0 saturated carbocycles. The van der Waals surface area contributed by atoms with Crippen LogP contribution in [-0.4, -0.2) is 29.3 Å². The lowest BCUT2D eigenvalue weighted by atomic mass is 10.1. The van der Waals surface area contributed by atoms with Crippen molar-refractivity contribution in [2.45, 2.75) is 32.9 Å². The highest BCUT2D eigenvalue weighted by atomic mass is 16.5. The second-order valence-corrected chi connectivity index (χ2v) is 5.17. The lowest BCUT2D eigenvalue weighted by Crippen LogP contribution is -2.18. The predicted molar refractivity (Wildman–Crippen MR) is 82.8 cm³/mol. The highest BCUT2D eigenvalue weighted by Crippen LogP contribution is 2.25. The van der Waals surface area contributed by atoms with Gasteiger partial charge in [-0.2, -0.15) is 0 Å². The number of methoxy groups -OCH3 is 1. The average molecular weight is 289 g/mol. The Labute approximate surface area is 125 Å². The molecule has 5 nitrogen and oxygen atoms in total. The van der Waals surface area contributed by atoms with Crippen LogP contribution in [0.15, 0.2) is 30.6 Å². The standard InChI is InChI=1S/C16H23N3O2/c1-12(17)10-14-11-15(20-3)4-5-16(14)21-9-8-19-7-6-18-13(19)2/h4-7,11-12H,8-10,17H2,1-3H3. The van der Waals surface area contributed by atoms with Crippen molar-refractivity contribution < 1.29 is 9.47 Å². The fourth-order valence-electron chi connectivity index (χ4n) is 2.22. The minimum atomic E-state index is 0.0790. The largest absolute Gasteiger partial charge is 0.497 e. The third kappa shape index (κ3) is 4.23. The molecule has 0 amide bonds. The van der Waals surface area contributed by atoms with E-state index in [2.05, 4.69) is 9.55 Å². The van der Waals surface area contributed by atoms with Gasteiger partial charge in [-0.25, -0.2) is 4.98 Å². The molecule has 0 saturated heterocycles. The first-order chi connectivity index (χ1) is 10.1. The summed E-state index contributed by atoms with van der Waals surface area (Å²) < 4.78 is 13.2. The second kappa shape index (κ2) is 7.13. The van der Waals surface area contributed by atoms with E-state index in [0.29, 0.717) is 6.61 Å². The molecule has 1 heterocycles. The topological polar surface area (TPSA) is 62.3 Å². The van der Waals surface area contributed by atoms with Crippen molar-refractivity contribution in [3.63, 3.8) is 0 Å². The van der Waals surface area contributed by atoms with Crippen molar-refractivity contribution in [1.82, 2.24) is 9.55 Å². The second-order valence-electron chi connectivity index (χ2n) is 5.17. The monoisotopic (exact) mass is 289 g/mol. The molecule has 0 aliphatic carbocycles. The Kier molecular flexibility index (Phi) is 5.22. The SMILES string of the molecule is COc1ccc(OCCn2ccnc2C)c(CC(C)N)c1. The summed E-state index contributed by atoms with van der Waals surface area (Å²) in [6.45, 7) is 5.33. The molecule has 1 unspecified atom stereocenters.